The van der Waals surface area contributed by atoms with Crippen molar-refractivity contribution >= 4 is 18.6 Å². The van der Waals surface area contributed by atoms with Crippen LogP contribution >= 0.6 is 18.6 Å². The fourth-order valence-electron chi connectivity index (χ4n) is 7.27. The molecule has 198 valence electrons. The van der Waals surface area contributed by atoms with Gasteiger partial charge in [0, 0.05) is 12.2 Å². The van der Waals surface area contributed by atoms with Crippen molar-refractivity contribution in [3.05, 3.63) is 10.6 Å². The van der Waals surface area contributed by atoms with Gasteiger partial charge in [-0.3, -0.25) is 0 Å². The zero-order chi connectivity index (χ0) is 24.5. The van der Waals surface area contributed by atoms with E-state index in [1.165, 1.54) is 89.9 Å². The SMILES string of the molecule is CC1CCC([N-]C2CCCCC2OC2CCCCC2[N-]C2CCC(C)CC2C)C(C)C1.[Cl][Ti][Cl]. The molecule has 0 radical (unpaired) electrons. The van der Waals surface area contributed by atoms with E-state index in [0.717, 1.165) is 23.7 Å². The number of ether oxygens (including phenoxy) is 1. The molecule has 0 N–H and O–H groups in total. The predicted molar refractivity (Wildman–Crippen MR) is 144 cm³/mol. The summed E-state index contributed by atoms with van der Waals surface area (Å²) in [6.07, 6.45) is 19.0. The molecule has 4 aliphatic rings. The van der Waals surface area contributed by atoms with Gasteiger partial charge in [0.05, 0.1) is 0 Å². The molecule has 0 aromatic rings. The van der Waals surface area contributed by atoms with Crippen LogP contribution in [0.1, 0.15) is 118 Å². The van der Waals surface area contributed by atoms with E-state index in [4.69, 9.17) is 34.0 Å². The van der Waals surface area contributed by atoms with E-state index >= 15 is 0 Å². The average Bonchev–Trinajstić information content (AvgIpc) is 2.80. The summed E-state index contributed by atoms with van der Waals surface area (Å²) in [5.41, 5.74) is 0. The molecule has 4 fully saturated rings. The zero-order valence-corrected chi connectivity index (χ0v) is 25.3. The van der Waals surface area contributed by atoms with Crippen LogP contribution in [0.4, 0.5) is 0 Å². The Bertz CT molecular complexity index is 525. The van der Waals surface area contributed by atoms with Crippen molar-refractivity contribution in [1.29, 1.82) is 0 Å². The van der Waals surface area contributed by atoms with Crippen molar-refractivity contribution < 1.29 is 21.8 Å². The Kier molecular flexibility index (Phi) is 13.6. The molecule has 4 aliphatic carbocycles. The molecule has 10 unspecified atom stereocenters. The second-order valence-corrected chi connectivity index (χ2v) is 14.8. The maximum absolute atomic E-state index is 6.97. The first-order valence-corrected chi connectivity index (χ1v) is 18.7. The molecule has 0 aromatic heterocycles. The Morgan fingerprint density at radius 1 is 0.559 bits per heavy atom. The first-order valence-electron chi connectivity index (χ1n) is 14.4. The number of nitrogens with zero attached hydrogens (tertiary/aromatic N) is 2. The molecule has 10 atom stereocenters. The molecule has 0 heterocycles. The van der Waals surface area contributed by atoms with Gasteiger partial charge in [0.25, 0.3) is 0 Å². The fraction of sp³-hybridized carbons (Fsp3) is 1.00. The Hall–Kier alpha value is 1.17. The minimum atomic E-state index is -0.556. The van der Waals surface area contributed by atoms with Gasteiger partial charge in [-0.2, -0.15) is 0 Å². The summed E-state index contributed by atoms with van der Waals surface area (Å²) >= 11 is -0.556. The van der Waals surface area contributed by atoms with Gasteiger partial charge in [0.15, 0.2) is 0 Å². The third kappa shape index (κ3) is 9.18. The van der Waals surface area contributed by atoms with Gasteiger partial charge in [-0.05, 0) is 37.5 Å². The maximum atomic E-state index is 6.97. The number of hydrogen-bond donors (Lipinski definition) is 0. The topological polar surface area (TPSA) is 37.4 Å². The van der Waals surface area contributed by atoms with Gasteiger partial charge >= 0.3 is 35.6 Å². The van der Waals surface area contributed by atoms with Gasteiger partial charge in [-0.1, -0.05) is 104 Å². The summed E-state index contributed by atoms with van der Waals surface area (Å²) < 4.78 is 6.97. The molecule has 0 spiro atoms. The second-order valence-electron chi connectivity index (χ2n) is 12.2. The molecular formula is C28H50Cl2N2OTi-2. The first kappa shape index (κ1) is 29.7. The quantitative estimate of drug-likeness (QED) is 0.304. The van der Waals surface area contributed by atoms with Crippen molar-refractivity contribution in [2.24, 2.45) is 23.7 Å². The fourth-order valence-corrected chi connectivity index (χ4v) is 7.27. The summed E-state index contributed by atoms with van der Waals surface area (Å²) in [7, 11) is 9.78. The van der Waals surface area contributed by atoms with Crippen molar-refractivity contribution in [3.8, 4) is 0 Å². The summed E-state index contributed by atoms with van der Waals surface area (Å²) in [6.45, 7) is 9.70. The second kappa shape index (κ2) is 15.6. The summed E-state index contributed by atoms with van der Waals surface area (Å²) in [4.78, 5) is 0. The third-order valence-corrected chi connectivity index (χ3v) is 9.22. The van der Waals surface area contributed by atoms with Crippen LogP contribution in [-0.4, -0.2) is 36.4 Å². The molecule has 0 aromatic carbocycles. The molecule has 3 nitrogen and oxygen atoms in total. The summed E-state index contributed by atoms with van der Waals surface area (Å²) in [6, 6.07) is 2.02. The van der Waals surface area contributed by atoms with Crippen molar-refractivity contribution in [2.45, 2.75) is 154 Å². The number of halogens is 2. The normalized spacial score (nSPS) is 43.5. The van der Waals surface area contributed by atoms with Crippen LogP contribution < -0.4 is 0 Å². The van der Waals surface area contributed by atoms with Gasteiger partial charge in [0.2, 0.25) is 0 Å². The van der Waals surface area contributed by atoms with Crippen LogP contribution in [0.3, 0.4) is 0 Å². The van der Waals surface area contributed by atoms with Crippen LogP contribution in [0.25, 0.3) is 10.6 Å². The van der Waals surface area contributed by atoms with Gasteiger partial charge < -0.3 is 15.4 Å². The van der Waals surface area contributed by atoms with E-state index in [9.17, 15) is 0 Å². The van der Waals surface area contributed by atoms with E-state index in [-0.39, 0.29) is 0 Å². The molecular weight excluding hydrogens is 499 g/mol. The van der Waals surface area contributed by atoms with E-state index in [1.807, 2.05) is 0 Å². The van der Waals surface area contributed by atoms with Gasteiger partial charge in [0.1, 0.15) is 0 Å². The number of rotatable bonds is 6. The zero-order valence-electron chi connectivity index (χ0n) is 22.2. The molecule has 4 saturated carbocycles. The van der Waals surface area contributed by atoms with Crippen LogP contribution in [0.15, 0.2) is 0 Å². The minimum absolute atomic E-state index is 0.352. The monoisotopic (exact) mass is 548 g/mol. The van der Waals surface area contributed by atoms with E-state index in [0.29, 0.717) is 36.4 Å². The number of hydrogen-bond acceptors (Lipinski definition) is 1. The van der Waals surface area contributed by atoms with Crippen LogP contribution in [0.2, 0.25) is 0 Å². The van der Waals surface area contributed by atoms with Crippen molar-refractivity contribution in [3.63, 3.8) is 0 Å². The Morgan fingerprint density at radius 3 is 1.32 bits per heavy atom. The molecule has 0 aliphatic heterocycles. The van der Waals surface area contributed by atoms with Crippen molar-refractivity contribution in [1.82, 2.24) is 0 Å². The van der Waals surface area contributed by atoms with E-state index in [1.54, 1.807) is 0 Å². The first-order chi connectivity index (χ1) is 16.4. The molecule has 34 heavy (non-hydrogen) atoms. The van der Waals surface area contributed by atoms with Crippen LogP contribution in [-0.2, 0) is 21.8 Å². The molecule has 0 amide bonds. The Balaban J connectivity index is 0.00000103. The van der Waals surface area contributed by atoms with Crippen LogP contribution in [0.5, 0.6) is 0 Å². The summed E-state index contributed by atoms with van der Waals surface area (Å²) in [5.74, 6) is 3.27. The Labute approximate surface area is 227 Å². The van der Waals surface area contributed by atoms with E-state index in [2.05, 4.69) is 27.7 Å². The van der Waals surface area contributed by atoms with Crippen LogP contribution in [0, 0.1) is 23.7 Å². The van der Waals surface area contributed by atoms with Gasteiger partial charge in [-0.15, -0.1) is 24.2 Å². The summed E-state index contributed by atoms with van der Waals surface area (Å²) in [5, 5.41) is 10.9. The Morgan fingerprint density at radius 2 is 0.941 bits per heavy atom. The molecule has 6 heteroatoms. The third-order valence-electron chi connectivity index (χ3n) is 9.22. The van der Waals surface area contributed by atoms with E-state index < -0.39 is 17.0 Å². The molecule has 0 saturated heterocycles. The molecule has 0 bridgehead atoms. The van der Waals surface area contributed by atoms with Gasteiger partial charge in [-0.25, -0.2) is 0 Å². The molecule has 4 rings (SSSR count). The van der Waals surface area contributed by atoms with Crippen molar-refractivity contribution in [2.75, 3.05) is 0 Å². The average molecular weight is 549 g/mol. The standard InChI is InChI=1S/C28H50N2O.2ClH.Ti/c1-19-13-15-23(21(3)17-19)29-25-9-5-7-11-27(25)31-28-12-8-6-10-26(28)30-24-16-14-20(2)18-22(24)4;;;/h19-28H,5-18H2,1-4H3;2*1H;/q-2;;;+2/p-2. The predicted octanol–water partition coefficient (Wildman–Crippen LogP) is 9.40.